The molecule has 0 atom stereocenters. The number of rotatable bonds is 5. The van der Waals surface area contributed by atoms with Crippen molar-refractivity contribution in [3.05, 3.63) is 60.9 Å². The van der Waals surface area contributed by atoms with Gasteiger partial charge in [-0.15, -0.1) is 0 Å². The first-order valence-electron chi connectivity index (χ1n) is 9.47. The molecular weight excluding hydrogens is 350 g/mol. The lowest BCUT2D eigenvalue weighted by Gasteiger charge is -2.35. The monoisotopic (exact) mass is 375 g/mol. The van der Waals surface area contributed by atoms with E-state index in [0.717, 1.165) is 49.5 Å². The van der Waals surface area contributed by atoms with Crippen LogP contribution in [0, 0.1) is 0 Å². The lowest BCUT2D eigenvalue weighted by Crippen LogP contribution is -2.47. The zero-order valence-corrected chi connectivity index (χ0v) is 16.3. The maximum absolute atomic E-state index is 4.71. The van der Waals surface area contributed by atoms with Gasteiger partial charge in [-0.2, -0.15) is 4.98 Å². The van der Waals surface area contributed by atoms with Crippen molar-refractivity contribution < 1.29 is 0 Å². The SMILES string of the molecule is CN(C)c1ccc(Nc2ccnc(N3CCN(c4ccccn4)CC3)n2)cc1. The summed E-state index contributed by atoms with van der Waals surface area (Å²) in [5.41, 5.74) is 2.18. The molecule has 3 heterocycles. The third-order valence-electron chi connectivity index (χ3n) is 4.83. The predicted molar refractivity (Wildman–Crippen MR) is 115 cm³/mol. The molecule has 0 spiro atoms. The third-order valence-corrected chi connectivity index (χ3v) is 4.83. The van der Waals surface area contributed by atoms with E-state index in [9.17, 15) is 0 Å². The number of aromatic nitrogens is 3. The van der Waals surface area contributed by atoms with Gasteiger partial charge < -0.3 is 20.0 Å². The number of hydrogen-bond donors (Lipinski definition) is 1. The summed E-state index contributed by atoms with van der Waals surface area (Å²) in [5, 5.41) is 3.37. The first-order valence-corrected chi connectivity index (χ1v) is 9.47. The second-order valence-corrected chi connectivity index (χ2v) is 6.97. The summed E-state index contributed by atoms with van der Waals surface area (Å²) < 4.78 is 0. The van der Waals surface area contributed by atoms with Gasteiger partial charge in [0.1, 0.15) is 11.6 Å². The van der Waals surface area contributed by atoms with Crippen LogP contribution in [0.2, 0.25) is 0 Å². The molecule has 144 valence electrons. The summed E-state index contributed by atoms with van der Waals surface area (Å²) in [4.78, 5) is 20.2. The average molecular weight is 375 g/mol. The molecule has 0 saturated carbocycles. The molecule has 0 unspecified atom stereocenters. The highest BCUT2D eigenvalue weighted by Crippen LogP contribution is 2.21. The number of hydrogen-bond acceptors (Lipinski definition) is 7. The molecule has 7 nitrogen and oxygen atoms in total. The average Bonchev–Trinajstić information content (AvgIpc) is 2.75. The van der Waals surface area contributed by atoms with Crippen molar-refractivity contribution in [3.63, 3.8) is 0 Å². The van der Waals surface area contributed by atoms with E-state index in [1.807, 2.05) is 44.7 Å². The van der Waals surface area contributed by atoms with Crippen molar-refractivity contribution >= 4 is 29.0 Å². The zero-order valence-electron chi connectivity index (χ0n) is 16.3. The van der Waals surface area contributed by atoms with Gasteiger partial charge in [0.2, 0.25) is 5.95 Å². The molecule has 0 bridgehead atoms. The Labute approximate surface area is 165 Å². The van der Waals surface area contributed by atoms with E-state index in [2.05, 4.69) is 60.3 Å². The maximum atomic E-state index is 4.71. The molecule has 1 aliphatic rings. The minimum absolute atomic E-state index is 0.760. The van der Waals surface area contributed by atoms with Gasteiger partial charge in [-0.05, 0) is 42.5 Å². The van der Waals surface area contributed by atoms with Crippen molar-refractivity contribution in [2.45, 2.75) is 0 Å². The number of benzene rings is 1. The molecule has 2 aromatic heterocycles. The lowest BCUT2D eigenvalue weighted by atomic mass is 10.2. The number of pyridine rings is 1. The fourth-order valence-corrected chi connectivity index (χ4v) is 3.24. The van der Waals surface area contributed by atoms with Gasteiger partial charge in [0.05, 0.1) is 0 Å². The Morgan fingerprint density at radius 2 is 1.57 bits per heavy atom. The minimum atomic E-state index is 0.760. The highest BCUT2D eigenvalue weighted by molar-refractivity contribution is 5.61. The maximum Gasteiger partial charge on any atom is 0.227 e. The molecular formula is C21H25N7. The van der Waals surface area contributed by atoms with Crippen LogP contribution in [0.5, 0.6) is 0 Å². The Hall–Kier alpha value is -3.35. The lowest BCUT2D eigenvalue weighted by molar-refractivity contribution is 0.635. The second-order valence-electron chi connectivity index (χ2n) is 6.97. The van der Waals surface area contributed by atoms with E-state index in [1.54, 1.807) is 0 Å². The van der Waals surface area contributed by atoms with Gasteiger partial charge in [-0.25, -0.2) is 9.97 Å². The molecule has 0 amide bonds. The van der Waals surface area contributed by atoms with Crippen molar-refractivity contribution in [1.29, 1.82) is 0 Å². The van der Waals surface area contributed by atoms with E-state index in [1.165, 1.54) is 5.69 Å². The summed E-state index contributed by atoms with van der Waals surface area (Å²) >= 11 is 0. The molecule has 1 aromatic carbocycles. The zero-order chi connectivity index (χ0) is 19.3. The molecule has 4 rings (SSSR count). The van der Waals surface area contributed by atoms with Crippen molar-refractivity contribution in [2.24, 2.45) is 0 Å². The molecule has 1 fully saturated rings. The van der Waals surface area contributed by atoms with Crippen LogP contribution < -0.4 is 20.0 Å². The topological polar surface area (TPSA) is 60.4 Å². The Morgan fingerprint density at radius 3 is 2.25 bits per heavy atom. The van der Waals surface area contributed by atoms with E-state index in [0.29, 0.717) is 0 Å². The van der Waals surface area contributed by atoms with Gasteiger partial charge in [-0.1, -0.05) is 6.07 Å². The van der Waals surface area contributed by atoms with Gasteiger partial charge >= 0.3 is 0 Å². The summed E-state index contributed by atoms with van der Waals surface area (Å²) in [7, 11) is 4.07. The summed E-state index contributed by atoms with van der Waals surface area (Å²) in [6.07, 6.45) is 3.65. The van der Waals surface area contributed by atoms with E-state index < -0.39 is 0 Å². The van der Waals surface area contributed by atoms with Crippen LogP contribution in [0.4, 0.5) is 29.0 Å². The van der Waals surface area contributed by atoms with E-state index in [4.69, 9.17) is 4.98 Å². The molecule has 0 aliphatic carbocycles. The Balaban J connectivity index is 1.40. The fourth-order valence-electron chi connectivity index (χ4n) is 3.24. The highest BCUT2D eigenvalue weighted by atomic mass is 15.3. The van der Waals surface area contributed by atoms with Gasteiger partial charge in [0.15, 0.2) is 0 Å². The van der Waals surface area contributed by atoms with Gasteiger partial charge in [-0.3, -0.25) is 0 Å². The van der Waals surface area contributed by atoms with Crippen molar-refractivity contribution in [2.75, 3.05) is 60.3 Å². The molecule has 1 saturated heterocycles. The third kappa shape index (κ3) is 4.14. The van der Waals surface area contributed by atoms with Crippen LogP contribution in [-0.4, -0.2) is 55.2 Å². The highest BCUT2D eigenvalue weighted by Gasteiger charge is 2.20. The van der Waals surface area contributed by atoms with E-state index in [-0.39, 0.29) is 0 Å². The number of piperazine rings is 1. The summed E-state index contributed by atoms with van der Waals surface area (Å²) in [6, 6.07) is 16.2. The molecule has 28 heavy (non-hydrogen) atoms. The van der Waals surface area contributed by atoms with Crippen molar-refractivity contribution in [3.8, 4) is 0 Å². The Bertz CT molecular complexity index is 888. The smallest absolute Gasteiger partial charge is 0.227 e. The Morgan fingerprint density at radius 1 is 0.821 bits per heavy atom. The van der Waals surface area contributed by atoms with E-state index >= 15 is 0 Å². The van der Waals surface area contributed by atoms with Crippen LogP contribution >= 0.6 is 0 Å². The fraction of sp³-hybridized carbons (Fsp3) is 0.286. The first-order chi connectivity index (χ1) is 13.7. The van der Waals surface area contributed by atoms with Crippen LogP contribution in [0.1, 0.15) is 0 Å². The van der Waals surface area contributed by atoms with Gasteiger partial charge in [0, 0.05) is 64.0 Å². The first kappa shape index (κ1) is 18.0. The van der Waals surface area contributed by atoms with Crippen molar-refractivity contribution in [1.82, 2.24) is 15.0 Å². The number of anilines is 5. The minimum Gasteiger partial charge on any atom is -0.378 e. The standard InChI is InChI=1S/C21H25N7/c1-26(2)18-8-6-17(7-9-18)24-19-10-12-23-21(25-19)28-15-13-27(14-16-28)20-5-3-4-11-22-20/h3-12H,13-16H2,1-2H3,(H,23,24,25). The Kier molecular flexibility index (Phi) is 5.23. The van der Waals surface area contributed by atoms with Crippen LogP contribution in [0.15, 0.2) is 60.9 Å². The number of nitrogens with one attached hydrogen (secondary N) is 1. The summed E-state index contributed by atoms with van der Waals surface area (Å²) in [6.45, 7) is 3.56. The van der Waals surface area contributed by atoms with Crippen LogP contribution in [0.3, 0.4) is 0 Å². The quantitative estimate of drug-likeness (QED) is 0.735. The summed E-state index contributed by atoms with van der Waals surface area (Å²) in [5.74, 6) is 2.59. The predicted octanol–water partition coefficient (Wildman–Crippen LogP) is 3.01. The number of nitrogens with zero attached hydrogens (tertiary/aromatic N) is 6. The second kappa shape index (κ2) is 8.12. The molecule has 7 heteroatoms. The molecule has 1 N–H and O–H groups in total. The van der Waals surface area contributed by atoms with Crippen LogP contribution in [-0.2, 0) is 0 Å². The van der Waals surface area contributed by atoms with Gasteiger partial charge in [0.25, 0.3) is 0 Å². The molecule has 1 aliphatic heterocycles. The van der Waals surface area contributed by atoms with Crippen LogP contribution in [0.25, 0.3) is 0 Å². The largest absolute Gasteiger partial charge is 0.378 e. The molecule has 3 aromatic rings. The normalized spacial score (nSPS) is 14.1. The molecule has 0 radical (unpaired) electrons.